The van der Waals surface area contributed by atoms with E-state index in [4.69, 9.17) is 5.73 Å². The Bertz CT molecular complexity index is 428. The van der Waals surface area contributed by atoms with Gasteiger partial charge in [0.1, 0.15) is 0 Å². The Hall–Kier alpha value is -1.35. The Morgan fingerprint density at radius 2 is 2.00 bits per heavy atom. The standard InChI is InChI=1S/C17H26N2O/c1-3-13(2)19(12-14-7-5-4-6-8-14)17(20)11-16(18)15-9-10-15/h4-8,13,15-16H,3,9-12,18H2,1-2H3. The monoisotopic (exact) mass is 274 g/mol. The lowest BCUT2D eigenvalue weighted by molar-refractivity contribution is -0.134. The second kappa shape index (κ2) is 6.89. The number of benzene rings is 1. The summed E-state index contributed by atoms with van der Waals surface area (Å²) in [5.41, 5.74) is 7.29. The first-order valence-electron chi connectivity index (χ1n) is 7.70. The average molecular weight is 274 g/mol. The summed E-state index contributed by atoms with van der Waals surface area (Å²) in [5.74, 6) is 0.775. The first kappa shape index (κ1) is 15.0. The van der Waals surface area contributed by atoms with Crippen LogP contribution in [0.4, 0.5) is 0 Å². The van der Waals surface area contributed by atoms with Crippen molar-refractivity contribution < 1.29 is 4.79 Å². The summed E-state index contributed by atoms with van der Waals surface area (Å²) < 4.78 is 0. The van der Waals surface area contributed by atoms with E-state index in [0.717, 1.165) is 6.42 Å². The SMILES string of the molecule is CCC(C)N(Cc1ccccc1)C(=O)CC(N)C1CC1. The van der Waals surface area contributed by atoms with Gasteiger partial charge in [-0.1, -0.05) is 37.3 Å². The maximum absolute atomic E-state index is 12.5. The van der Waals surface area contributed by atoms with Crippen LogP contribution >= 0.6 is 0 Å². The molecule has 20 heavy (non-hydrogen) atoms. The number of rotatable bonds is 7. The van der Waals surface area contributed by atoms with Crippen molar-refractivity contribution in [2.75, 3.05) is 0 Å². The number of nitrogens with two attached hydrogens (primary N) is 1. The van der Waals surface area contributed by atoms with Crippen molar-refractivity contribution in [3.63, 3.8) is 0 Å². The van der Waals surface area contributed by atoms with E-state index in [-0.39, 0.29) is 18.0 Å². The van der Waals surface area contributed by atoms with Crippen LogP contribution in [0, 0.1) is 5.92 Å². The average Bonchev–Trinajstić information content (AvgIpc) is 3.29. The zero-order chi connectivity index (χ0) is 14.5. The first-order chi connectivity index (χ1) is 9.61. The number of nitrogens with zero attached hydrogens (tertiary/aromatic N) is 1. The van der Waals surface area contributed by atoms with Gasteiger partial charge in [0.15, 0.2) is 0 Å². The molecule has 2 unspecified atom stereocenters. The zero-order valence-corrected chi connectivity index (χ0v) is 12.6. The summed E-state index contributed by atoms with van der Waals surface area (Å²) in [6.07, 6.45) is 3.84. The van der Waals surface area contributed by atoms with E-state index in [1.807, 2.05) is 23.1 Å². The van der Waals surface area contributed by atoms with Crippen molar-refractivity contribution in [2.24, 2.45) is 11.7 Å². The molecule has 3 nitrogen and oxygen atoms in total. The molecule has 110 valence electrons. The minimum absolute atomic E-state index is 0.0461. The molecular weight excluding hydrogens is 248 g/mol. The number of carbonyl (C=O) groups is 1. The molecule has 0 aliphatic heterocycles. The molecule has 0 spiro atoms. The third kappa shape index (κ3) is 4.07. The fraction of sp³-hybridized carbons (Fsp3) is 0.588. The molecular formula is C17H26N2O. The highest BCUT2D eigenvalue weighted by molar-refractivity contribution is 5.77. The van der Waals surface area contributed by atoms with Gasteiger partial charge >= 0.3 is 0 Å². The van der Waals surface area contributed by atoms with Gasteiger partial charge in [-0.25, -0.2) is 0 Å². The molecule has 2 atom stereocenters. The molecule has 0 bridgehead atoms. The minimum atomic E-state index is 0.0461. The topological polar surface area (TPSA) is 46.3 Å². The van der Waals surface area contributed by atoms with Gasteiger partial charge in [0.25, 0.3) is 0 Å². The third-order valence-corrected chi connectivity index (χ3v) is 4.28. The summed E-state index contributed by atoms with van der Waals surface area (Å²) in [5, 5.41) is 0. The van der Waals surface area contributed by atoms with E-state index in [1.165, 1.54) is 18.4 Å². The highest BCUT2D eigenvalue weighted by atomic mass is 16.2. The quantitative estimate of drug-likeness (QED) is 0.831. The summed E-state index contributed by atoms with van der Waals surface area (Å²) >= 11 is 0. The molecule has 1 aliphatic rings. The normalized spacial score (nSPS) is 17.6. The molecule has 1 aromatic carbocycles. The van der Waals surface area contributed by atoms with E-state index in [2.05, 4.69) is 26.0 Å². The Labute approximate surface area is 122 Å². The molecule has 1 amide bonds. The van der Waals surface area contributed by atoms with Gasteiger partial charge in [-0.2, -0.15) is 0 Å². The van der Waals surface area contributed by atoms with Gasteiger partial charge in [0.2, 0.25) is 5.91 Å². The predicted octanol–water partition coefficient (Wildman–Crippen LogP) is 2.94. The lowest BCUT2D eigenvalue weighted by Crippen LogP contribution is -2.41. The van der Waals surface area contributed by atoms with E-state index < -0.39 is 0 Å². The Kier molecular flexibility index (Phi) is 5.18. The smallest absolute Gasteiger partial charge is 0.224 e. The van der Waals surface area contributed by atoms with E-state index in [1.54, 1.807) is 0 Å². The van der Waals surface area contributed by atoms with Crippen LogP contribution in [0.2, 0.25) is 0 Å². The van der Waals surface area contributed by atoms with Crippen LogP contribution in [0.3, 0.4) is 0 Å². The van der Waals surface area contributed by atoms with Crippen molar-refractivity contribution in [1.29, 1.82) is 0 Å². The Morgan fingerprint density at radius 3 is 2.55 bits per heavy atom. The lowest BCUT2D eigenvalue weighted by atomic mass is 10.1. The second-order valence-electron chi connectivity index (χ2n) is 5.97. The van der Waals surface area contributed by atoms with Crippen LogP contribution in [0.1, 0.15) is 45.1 Å². The molecule has 1 fully saturated rings. The van der Waals surface area contributed by atoms with E-state index in [9.17, 15) is 4.79 Å². The summed E-state index contributed by atoms with van der Waals surface area (Å²) in [7, 11) is 0. The Balaban J connectivity index is 2.00. The van der Waals surface area contributed by atoms with Gasteiger partial charge in [-0.05, 0) is 37.7 Å². The van der Waals surface area contributed by atoms with Crippen LogP contribution in [-0.4, -0.2) is 22.9 Å². The molecule has 2 N–H and O–H groups in total. The van der Waals surface area contributed by atoms with Crippen LogP contribution in [0.5, 0.6) is 0 Å². The fourth-order valence-corrected chi connectivity index (χ4v) is 2.50. The maximum atomic E-state index is 12.5. The van der Waals surface area contributed by atoms with Crippen LogP contribution in [0.25, 0.3) is 0 Å². The predicted molar refractivity (Wildman–Crippen MR) is 82.1 cm³/mol. The van der Waals surface area contributed by atoms with Crippen molar-refractivity contribution in [3.05, 3.63) is 35.9 Å². The number of hydrogen-bond acceptors (Lipinski definition) is 2. The Morgan fingerprint density at radius 1 is 1.35 bits per heavy atom. The van der Waals surface area contributed by atoms with Crippen molar-refractivity contribution in [3.8, 4) is 0 Å². The number of hydrogen-bond donors (Lipinski definition) is 1. The van der Waals surface area contributed by atoms with Gasteiger partial charge < -0.3 is 10.6 Å². The molecule has 1 aromatic rings. The van der Waals surface area contributed by atoms with Crippen molar-refractivity contribution in [1.82, 2.24) is 4.90 Å². The van der Waals surface area contributed by atoms with Crippen molar-refractivity contribution in [2.45, 2.75) is 58.2 Å². The van der Waals surface area contributed by atoms with E-state index in [0.29, 0.717) is 18.9 Å². The van der Waals surface area contributed by atoms with E-state index >= 15 is 0 Å². The molecule has 1 aliphatic carbocycles. The molecule has 1 saturated carbocycles. The number of carbonyl (C=O) groups excluding carboxylic acids is 1. The molecule has 0 radical (unpaired) electrons. The summed E-state index contributed by atoms with van der Waals surface area (Å²) in [4.78, 5) is 14.5. The largest absolute Gasteiger partial charge is 0.336 e. The van der Waals surface area contributed by atoms with Crippen LogP contribution in [-0.2, 0) is 11.3 Å². The zero-order valence-electron chi connectivity index (χ0n) is 12.6. The highest BCUT2D eigenvalue weighted by Gasteiger charge is 2.31. The molecule has 0 aromatic heterocycles. The van der Waals surface area contributed by atoms with Crippen molar-refractivity contribution >= 4 is 5.91 Å². The van der Waals surface area contributed by atoms with Gasteiger partial charge in [-0.3, -0.25) is 4.79 Å². The molecule has 0 heterocycles. The second-order valence-corrected chi connectivity index (χ2v) is 5.97. The number of amides is 1. The molecule has 3 heteroatoms. The van der Waals surface area contributed by atoms with Gasteiger partial charge in [0, 0.05) is 25.0 Å². The highest BCUT2D eigenvalue weighted by Crippen LogP contribution is 2.33. The maximum Gasteiger partial charge on any atom is 0.224 e. The molecule has 2 rings (SSSR count). The van der Waals surface area contributed by atoms with Crippen LogP contribution < -0.4 is 5.73 Å². The summed E-state index contributed by atoms with van der Waals surface area (Å²) in [6.45, 7) is 4.92. The van der Waals surface area contributed by atoms with Gasteiger partial charge in [0.05, 0.1) is 0 Å². The first-order valence-corrected chi connectivity index (χ1v) is 7.70. The van der Waals surface area contributed by atoms with Crippen LogP contribution in [0.15, 0.2) is 30.3 Å². The molecule has 0 saturated heterocycles. The fourth-order valence-electron chi connectivity index (χ4n) is 2.50. The third-order valence-electron chi connectivity index (χ3n) is 4.28. The van der Waals surface area contributed by atoms with Gasteiger partial charge in [-0.15, -0.1) is 0 Å². The summed E-state index contributed by atoms with van der Waals surface area (Å²) in [6, 6.07) is 10.5. The lowest BCUT2D eigenvalue weighted by Gasteiger charge is -2.30. The minimum Gasteiger partial charge on any atom is -0.336 e.